The molecule has 17 heavy (non-hydrogen) atoms. The summed E-state index contributed by atoms with van der Waals surface area (Å²) in [6.07, 6.45) is 0.594. The lowest BCUT2D eigenvalue weighted by Crippen LogP contribution is -2.51. The van der Waals surface area contributed by atoms with Crippen LogP contribution in [0.15, 0.2) is 0 Å². The number of hydrogen-bond donors (Lipinski definition) is 4. The zero-order valence-electron chi connectivity index (χ0n) is 9.90. The van der Waals surface area contributed by atoms with Gasteiger partial charge in [0, 0.05) is 6.92 Å². The number of carboxylic acids is 2. The second kappa shape index (κ2) is 6.19. The van der Waals surface area contributed by atoms with E-state index in [2.05, 4.69) is 5.32 Å². The van der Waals surface area contributed by atoms with E-state index < -0.39 is 29.4 Å². The fourth-order valence-electron chi connectivity index (χ4n) is 1.41. The number of amides is 1. The summed E-state index contributed by atoms with van der Waals surface area (Å²) >= 11 is 0. The van der Waals surface area contributed by atoms with E-state index in [1.807, 2.05) is 0 Å². The molecule has 0 aliphatic heterocycles. The lowest BCUT2D eigenvalue weighted by molar-refractivity contribution is -0.147. The lowest BCUT2D eigenvalue weighted by Gasteiger charge is -2.25. The molecule has 0 heterocycles. The van der Waals surface area contributed by atoms with E-state index in [0.29, 0.717) is 6.42 Å². The molecule has 0 aliphatic carbocycles. The minimum absolute atomic E-state index is 0.128. The lowest BCUT2D eigenvalue weighted by atomic mass is 9.93. The largest absolute Gasteiger partial charge is 0.480 e. The summed E-state index contributed by atoms with van der Waals surface area (Å²) in [4.78, 5) is 32.3. The molecule has 0 rings (SSSR count). The van der Waals surface area contributed by atoms with Crippen LogP contribution >= 0.6 is 0 Å². The van der Waals surface area contributed by atoms with Gasteiger partial charge in [0.1, 0.15) is 11.6 Å². The number of hydrogen-bond acceptors (Lipinski definition) is 4. The summed E-state index contributed by atoms with van der Waals surface area (Å²) in [6.45, 7) is 2.60. The number of carbonyl (C=O) groups is 3. The Labute approximate surface area is 99.0 Å². The van der Waals surface area contributed by atoms with Gasteiger partial charge in [0.25, 0.3) is 0 Å². The van der Waals surface area contributed by atoms with E-state index in [-0.39, 0.29) is 12.8 Å². The molecule has 0 aromatic heterocycles. The molecule has 0 saturated carbocycles. The van der Waals surface area contributed by atoms with Crippen LogP contribution in [-0.2, 0) is 14.4 Å². The van der Waals surface area contributed by atoms with Crippen molar-refractivity contribution in [2.45, 2.75) is 44.7 Å². The minimum atomic E-state index is -1.38. The monoisotopic (exact) mass is 246 g/mol. The number of carboxylic acid groups (broad SMARTS) is 2. The molecule has 0 bridgehead atoms. The van der Waals surface area contributed by atoms with E-state index >= 15 is 0 Å². The Balaban J connectivity index is 4.33. The molecule has 2 unspecified atom stereocenters. The summed E-state index contributed by atoms with van der Waals surface area (Å²) in [6, 6.07) is -1.01. The third kappa shape index (κ3) is 5.30. The van der Waals surface area contributed by atoms with Crippen LogP contribution in [0.2, 0.25) is 0 Å². The van der Waals surface area contributed by atoms with Gasteiger partial charge in [-0.25, -0.2) is 4.79 Å². The Morgan fingerprint density at radius 2 is 1.88 bits per heavy atom. The highest BCUT2D eigenvalue weighted by molar-refractivity contribution is 5.85. The summed E-state index contributed by atoms with van der Waals surface area (Å²) in [5, 5.41) is 19.9. The van der Waals surface area contributed by atoms with Crippen LogP contribution in [0, 0.1) is 0 Å². The highest BCUT2D eigenvalue weighted by Gasteiger charge is 2.33. The molecule has 0 saturated heterocycles. The van der Waals surface area contributed by atoms with Crippen LogP contribution in [0.5, 0.6) is 0 Å². The van der Waals surface area contributed by atoms with Crippen LogP contribution < -0.4 is 11.1 Å². The number of carbonyl (C=O) groups excluding carboxylic acids is 1. The first kappa shape index (κ1) is 15.4. The number of nitrogens with two attached hydrogens (primary N) is 1. The fourth-order valence-corrected chi connectivity index (χ4v) is 1.41. The van der Waals surface area contributed by atoms with Crippen molar-refractivity contribution >= 4 is 17.8 Å². The van der Waals surface area contributed by atoms with Gasteiger partial charge in [0.15, 0.2) is 0 Å². The third-order valence-corrected chi connectivity index (χ3v) is 2.43. The van der Waals surface area contributed by atoms with Crippen molar-refractivity contribution in [3.63, 3.8) is 0 Å². The fraction of sp³-hybridized carbons (Fsp3) is 0.700. The van der Waals surface area contributed by atoms with Gasteiger partial charge in [-0.3, -0.25) is 9.59 Å². The molecule has 0 aromatic carbocycles. The molecule has 7 nitrogen and oxygen atoms in total. The van der Waals surface area contributed by atoms with Crippen LogP contribution in [0.3, 0.4) is 0 Å². The molecule has 7 heteroatoms. The second-order valence-corrected chi connectivity index (χ2v) is 4.16. The van der Waals surface area contributed by atoms with Crippen LogP contribution in [-0.4, -0.2) is 39.6 Å². The maximum absolute atomic E-state index is 11.0. The Hall–Kier alpha value is -1.63. The van der Waals surface area contributed by atoms with Gasteiger partial charge >= 0.3 is 11.9 Å². The van der Waals surface area contributed by atoms with Crippen molar-refractivity contribution in [3.8, 4) is 0 Å². The van der Waals surface area contributed by atoms with Crippen molar-refractivity contribution in [2.24, 2.45) is 5.73 Å². The highest BCUT2D eigenvalue weighted by atomic mass is 16.4. The molecule has 1 amide bonds. The summed E-state index contributed by atoms with van der Waals surface area (Å²) in [5.74, 6) is -2.73. The van der Waals surface area contributed by atoms with Gasteiger partial charge in [0.05, 0.1) is 0 Å². The van der Waals surface area contributed by atoms with Crippen molar-refractivity contribution in [1.82, 2.24) is 5.32 Å². The average Bonchev–Trinajstić information content (AvgIpc) is 2.15. The van der Waals surface area contributed by atoms with Crippen molar-refractivity contribution < 1.29 is 24.6 Å². The Morgan fingerprint density at radius 1 is 1.35 bits per heavy atom. The molecule has 0 fully saturated rings. The quantitative estimate of drug-likeness (QED) is 0.481. The van der Waals surface area contributed by atoms with Gasteiger partial charge in [-0.15, -0.1) is 0 Å². The van der Waals surface area contributed by atoms with Crippen LogP contribution in [0.4, 0.5) is 0 Å². The maximum atomic E-state index is 11.0. The standard InChI is InChI=1S/C10H18N2O5/c1-6(13)12-10(2,9(16)17)5-3-4-7(11)8(14)15/h7H,3-5,11H2,1-2H3,(H,12,13)(H,14,15)(H,16,17). The maximum Gasteiger partial charge on any atom is 0.329 e. The van der Waals surface area contributed by atoms with E-state index in [1.54, 1.807) is 0 Å². The molecule has 98 valence electrons. The van der Waals surface area contributed by atoms with Gasteiger partial charge in [-0.1, -0.05) is 0 Å². The van der Waals surface area contributed by atoms with Crippen molar-refractivity contribution in [1.29, 1.82) is 0 Å². The van der Waals surface area contributed by atoms with Gasteiger partial charge < -0.3 is 21.3 Å². The molecular weight excluding hydrogens is 228 g/mol. The third-order valence-electron chi connectivity index (χ3n) is 2.43. The first-order valence-electron chi connectivity index (χ1n) is 5.19. The Morgan fingerprint density at radius 3 is 2.24 bits per heavy atom. The van der Waals surface area contributed by atoms with Crippen molar-refractivity contribution in [2.75, 3.05) is 0 Å². The van der Waals surface area contributed by atoms with Gasteiger partial charge in [-0.2, -0.15) is 0 Å². The van der Waals surface area contributed by atoms with Crippen LogP contribution in [0.25, 0.3) is 0 Å². The van der Waals surface area contributed by atoms with E-state index in [4.69, 9.17) is 15.9 Å². The highest BCUT2D eigenvalue weighted by Crippen LogP contribution is 2.15. The Bertz CT molecular complexity index is 318. The Kier molecular flexibility index (Phi) is 5.60. The van der Waals surface area contributed by atoms with Crippen molar-refractivity contribution in [3.05, 3.63) is 0 Å². The summed E-state index contributed by atoms with van der Waals surface area (Å²) < 4.78 is 0. The molecule has 0 aliphatic rings. The average molecular weight is 246 g/mol. The molecule has 2 atom stereocenters. The van der Waals surface area contributed by atoms with Gasteiger partial charge in [0.2, 0.25) is 5.91 Å². The predicted molar refractivity (Wildman–Crippen MR) is 59.3 cm³/mol. The van der Waals surface area contributed by atoms with E-state index in [0.717, 1.165) is 0 Å². The number of nitrogens with one attached hydrogen (secondary N) is 1. The molecule has 0 aromatic rings. The smallest absolute Gasteiger partial charge is 0.329 e. The summed E-state index contributed by atoms with van der Waals surface area (Å²) in [5.41, 5.74) is 3.90. The summed E-state index contributed by atoms with van der Waals surface area (Å²) in [7, 11) is 0. The van der Waals surface area contributed by atoms with Crippen LogP contribution in [0.1, 0.15) is 33.1 Å². The zero-order valence-corrected chi connectivity index (χ0v) is 9.90. The SMILES string of the molecule is CC(=O)NC(C)(CCCC(N)C(=O)O)C(=O)O. The second-order valence-electron chi connectivity index (χ2n) is 4.16. The number of aliphatic carboxylic acids is 2. The molecule has 0 radical (unpaired) electrons. The number of rotatable bonds is 7. The predicted octanol–water partition coefficient (Wildman–Crippen LogP) is -0.452. The molecule has 5 N–H and O–H groups in total. The van der Waals surface area contributed by atoms with Gasteiger partial charge in [-0.05, 0) is 26.2 Å². The topological polar surface area (TPSA) is 130 Å². The molecule has 0 spiro atoms. The van der Waals surface area contributed by atoms with E-state index in [9.17, 15) is 14.4 Å². The normalized spacial score (nSPS) is 15.7. The molecular formula is C10H18N2O5. The zero-order chi connectivity index (χ0) is 13.6. The first-order valence-corrected chi connectivity index (χ1v) is 5.19. The minimum Gasteiger partial charge on any atom is -0.480 e. The first-order chi connectivity index (χ1) is 7.69. The van der Waals surface area contributed by atoms with E-state index in [1.165, 1.54) is 13.8 Å².